The smallest absolute Gasteiger partial charge is 0.547 e. The summed E-state index contributed by atoms with van der Waals surface area (Å²) in [5, 5.41) is 40.9. The fourth-order valence-corrected chi connectivity index (χ4v) is 3.24. The van der Waals surface area contributed by atoms with Crippen LogP contribution in [0.15, 0.2) is 16.3 Å². The van der Waals surface area contributed by atoms with Crippen LogP contribution in [-0.2, 0) is 16.6 Å². The van der Waals surface area contributed by atoms with Gasteiger partial charge in [-0.1, -0.05) is 11.8 Å². The van der Waals surface area contributed by atoms with E-state index in [1.54, 1.807) is 6.26 Å². The maximum absolute atomic E-state index is 12.3. The molecule has 11 nitrogen and oxygen atoms in total. The third-order valence-corrected chi connectivity index (χ3v) is 4.78. The van der Waals surface area contributed by atoms with E-state index in [2.05, 4.69) is 9.97 Å². The van der Waals surface area contributed by atoms with Gasteiger partial charge in [0, 0.05) is 7.05 Å². The number of aliphatic hydroxyl groups excluding tert-OH is 3. The van der Waals surface area contributed by atoms with Gasteiger partial charge in [-0.3, -0.25) is 13.9 Å². The minimum Gasteiger partial charge on any atom is -0.547 e. The molecule has 0 saturated carbocycles. The number of nitrogens with zero attached hydrogens (tertiary/aromatic N) is 4. The largest absolute Gasteiger partial charge is 1.00 e. The van der Waals surface area contributed by atoms with Gasteiger partial charge in [-0.05, 0) is 6.26 Å². The molecular formula is C13H15N4NaO7S. The van der Waals surface area contributed by atoms with Gasteiger partial charge in [-0.15, -0.1) is 0 Å². The molecule has 0 spiro atoms. The fraction of sp³-hybridized carbons (Fsp3) is 0.538. The number of carbonyl (C=O) groups excluding carboxylic acids is 1. The van der Waals surface area contributed by atoms with E-state index in [0.717, 1.165) is 0 Å². The van der Waals surface area contributed by atoms with Crippen LogP contribution in [0.5, 0.6) is 0 Å². The zero-order valence-electron chi connectivity index (χ0n) is 14.1. The summed E-state index contributed by atoms with van der Waals surface area (Å²) in [4.78, 5) is 31.3. The Labute approximate surface area is 172 Å². The average Bonchev–Trinajstić information content (AvgIpc) is 3.12. The molecule has 1 fully saturated rings. The fourth-order valence-electron chi connectivity index (χ4n) is 2.71. The van der Waals surface area contributed by atoms with Crippen molar-refractivity contribution in [2.75, 3.05) is 6.26 Å². The molecule has 1 saturated heterocycles. The zero-order valence-corrected chi connectivity index (χ0v) is 17.0. The number of fused-ring (bicyclic) bond motifs is 1. The molecule has 3 N–H and O–H groups in total. The number of rotatable bonds is 4. The van der Waals surface area contributed by atoms with Crippen molar-refractivity contribution in [3.05, 3.63) is 16.7 Å². The summed E-state index contributed by atoms with van der Waals surface area (Å²) in [5.74, 6) is -1.84. The topological polar surface area (TPSA) is 163 Å². The Morgan fingerprint density at radius 3 is 2.65 bits per heavy atom. The molecule has 0 radical (unpaired) electrons. The summed E-state index contributed by atoms with van der Waals surface area (Å²) >= 11 is 1.22. The number of hydrogen-bond acceptors (Lipinski definition) is 10. The van der Waals surface area contributed by atoms with Gasteiger partial charge in [0.1, 0.15) is 24.4 Å². The molecule has 3 heterocycles. The van der Waals surface area contributed by atoms with Crippen molar-refractivity contribution in [3.63, 3.8) is 0 Å². The second kappa shape index (κ2) is 7.94. The number of imidazole rings is 1. The average molecular weight is 394 g/mol. The summed E-state index contributed by atoms with van der Waals surface area (Å²) < 4.78 is 7.83. The molecule has 0 amide bonds. The molecule has 136 valence electrons. The molecule has 3 rings (SSSR count). The molecule has 0 aliphatic carbocycles. The monoisotopic (exact) mass is 394 g/mol. The quantitative estimate of drug-likeness (QED) is 0.258. The number of hydrogen-bond donors (Lipinski definition) is 3. The van der Waals surface area contributed by atoms with Crippen molar-refractivity contribution in [1.82, 2.24) is 19.1 Å². The predicted octanol–water partition coefficient (Wildman–Crippen LogP) is -6.41. The Morgan fingerprint density at radius 2 is 2.08 bits per heavy atom. The van der Waals surface area contributed by atoms with Crippen molar-refractivity contribution < 1.29 is 59.5 Å². The Balaban J connectivity index is 0.00000243. The summed E-state index contributed by atoms with van der Waals surface area (Å²) in [6.45, 7) is 0. The number of aromatic nitrogens is 4. The van der Waals surface area contributed by atoms with E-state index in [1.807, 2.05) is 0 Å². The van der Waals surface area contributed by atoms with Crippen LogP contribution < -0.4 is 40.2 Å². The van der Waals surface area contributed by atoms with Crippen LogP contribution >= 0.6 is 11.8 Å². The number of carboxylic acids is 1. The molecular weight excluding hydrogens is 379 g/mol. The SMILES string of the molecule is CSc1nc2c(ncn2[C@@H]2O[C@H](C(O)C(=O)[O-])[C@@H](O)[C@H]2O)c(=O)n1C.[Na+]. The van der Waals surface area contributed by atoms with Gasteiger partial charge in [0.15, 0.2) is 22.5 Å². The maximum Gasteiger partial charge on any atom is 1.00 e. The second-order valence-electron chi connectivity index (χ2n) is 5.52. The third kappa shape index (κ3) is 3.31. The number of aliphatic carboxylic acids is 1. The van der Waals surface area contributed by atoms with E-state index in [-0.39, 0.29) is 40.7 Å². The Morgan fingerprint density at radius 1 is 1.42 bits per heavy atom. The molecule has 0 aromatic carbocycles. The Kier molecular flexibility index (Phi) is 6.51. The molecule has 26 heavy (non-hydrogen) atoms. The maximum atomic E-state index is 12.3. The number of aliphatic hydroxyl groups is 3. The molecule has 1 aliphatic heterocycles. The van der Waals surface area contributed by atoms with Gasteiger partial charge in [0.2, 0.25) is 0 Å². The van der Waals surface area contributed by atoms with Crippen molar-refractivity contribution in [1.29, 1.82) is 0 Å². The van der Waals surface area contributed by atoms with Gasteiger partial charge in [0.25, 0.3) is 5.56 Å². The number of carboxylic acid groups (broad SMARTS) is 1. The van der Waals surface area contributed by atoms with Crippen molar-refractivity contribution in [2.45, 2.75) is 35.8 Å². The first-order valence-electron chi connectivity index (χ1n) is 7.16. The van der Waals surface area contributed by atoms with Crippen LogP contribution in [0.3, 0.4) is 0 Å². The van der Waals surface area contributed by atoms with Crippen LogP contribution in [0, 0.1) is 0 Å². The second-order valence-corrected chi connectivity index (χ2v) is 6.30. The van der Waals surface area contributed by atoms with Gasteiger partial charge in [0.05, 0.1) is 12.3 Å². The minimum absolute atomic E-state index is 0. The molecule has 5 atom stereocenters. The summed E-state index contributed by atoms with van der Waals surface area (Å²) in [5.41, 5.74) is -0.283. The first-order chi connectivity index (χ1) is 11.8. The summed E-state index contributed by atoms with van der Waals surface area (Å²) in [7, 11) is 1.54. The first-order valence-corrected chi connectivity index (χ1v) is 8.38. The van der Waals surface area contributed by atoms with Crippen molar-refractivity contribution in [2.24, 2.45) is 7.05 Å². The first kappa shape index (κ1) is 21.3. The third-order valence-electron chi connectivity index (χ3n) is 4.05. The summed E-state index contributed by atoms with van der Waals surface area (Å²) in [6, 6.07) is 0. The minimum atomic E-state index is -2.13. The van der Waals surface area contributed by atoms with Gasteiger partial charge in [-0.2, -0.15) is 0 Å². The van der Waals surface area contributed by atoms with Gasteiger partial charge in [-0.25, -0.2) is 9.97 Å². The van der Waals surface area contributed by atoms with Gasteiger partial charge < -0.3 is 30.0 Å². The van der Waals surface area contributed by atoms with Crippen LogP contribution in [0.2, 0.25) is 0 Å². The molecule has 1 aliphatic rings. The standard InChI is InChI=1S/C13H16N4O7S.Na/c1-16-10(21)4-9(15-13(16)25-2)17(3-14-4)11-6(19)5(18)8(24-11)7(20)12(22)23;/h3,5-8,11,18-20H,1-2H3,(H,22,23);/q;+1/p-1/t5-,6+,7?,8-,11+;/m0./s1. The Bertz CT molecular complexity index is 887. The van der Waals surface area contributed by atoms with E-state index >= 15 is 0 Å². The molecule has 1 unspecified atom stereocenters. The van der Waals surface area contributed by atoms with Crippen LogP contribution in [0.1, 0.15) is 6.23 Å². The van der Waals surface area contributed by atoms with E-state index in [1.165, 1.54) is 34.3 Å². The van der Waals surface area contributed by atoms with Crippen LogP contribution in [0.4, 0.5) is 0 Å². The Hall–Kier alpha value is -0.990. The normalized spacial score (nSPS) is 26.7. The molecule has 0 bridgehead atoms. The molecule has 2 aromatic heterocycles. The van der Waals surface area contributed by atoms with E-state index in [9.17, 15) is 30.0 Å². The number of thioether (sulfide) groups is 1. The predicted molar refractivity (Wildman–Crippen MR) is 81.5 cm³/mol. The van der Waals surface area contributed by atoms with Crippen LogP contribution in [0.25, 0.3) is 11.2 Å². The number of ether oxygens (including phenoxy) is 1. The van der Waals surface area contributed by atoms with E-state index in [4.69, 9.17) is 4.74 Å². The van der Waals surface area contributed by atoms with Crippen molar-refractivity contribution >= 4 is 28.9 Å². The van der Waals surface area contributed by atoms with Gasteiger partial charge >= 0.3 is 29.6 Å². The molecule has 2 aromatic rings. The number of carbonyl (C=O) groups is 1. The van der Waals surface area contributed by atoms with E-state index < -0.39 is 42.2 Å². The van der Waals surface area contributed by atoms with Crippen LogP contribution in [-0.4, -0.2) is 71.1 Å². The summed E-state index contributed by atoms with van der Waals surface area (Å²) in [6.07, 6.45) is -5.35. The van der Waals surface area contributed by atoms with E-state index in [0.29, 0.717) is 5.16 Å². The molecule has 13 heteroatoms. The van der Waals surface area contributed by atoms with Crippen molar-refractivity contribution in [3.8, 4) is 0 Å². The zero-order chi connectivity index (χ0) is 18.5.